The van der Waals surface area contributed by atoms with Crippen LogP contribution in [0.5, 0.6) is 0 Å². The molecule has 36 heavy (non-hydrogen) atoms. The summed E-state index contributed by atoms with van der Waals surface area (Å²) in [6.45, 7) is 4.98. The van der Waals surface area contributed by atoms with Crippen LogP contribution >= 0.6 is 11.8 Å². The molecule has 0 radical (unpaired) electrons. The number of carbonyl (C=O) groups is 4. The summed E-state index contributed by atoms with van der Waals surface area (Å²) in [6.07, 6.45) is 1.25. The zero-order valence-electron chi connectivity index (χ0n) is 20.8. The molecule has 10 heteroatoms. The third-order valence-electron chi connectivity index (χ3n) is 5.45. The van der Waals surface area contributed by atoms with E-state index in [4.69, 9.17) is 9.47 Å². The lowest BCUT2D eigenvalue weighted by molar-refractivity contribution is -0.163. The van der Waals surface area contributed by atoms with Gasteiger partial charge >= 0.3 is 18.0 Å². The van der Waals surface area contributed by atoms with Gasteiger partial charge < -0.3 is 14.8 Å². The first-order chi connectivity index (χ1) is 17.1. The lowest BCUT2D eigenvalue weighted by Gasteiger charge is -2.21. The van der Waals surface area contributed by atoms with E-state index >= 15 is 0 Å². The number of hydrogen-bond donors (Lipinski definition) is 3. The maximum Gasteiger partial charge on any atom is 0.426 e. The second kappa shape index (κ2) is 11.9. The molecule has 0 bridgehead atoms. The highest BCUT2D eigenvalue weighted by atomic mass is 32.2. The maximum absolute atomic E-state index is 12.6. The molecule has 1 aliphatic carbocycles. The molecule has 2 aromatic rings. The fourth-order valence-electron chi connectivity index (χ4n) is 3.88. The average Bonchev–Trinajstić information content (AvgIpc) is 3.16. The van der Waals surface area contributed by atoms with Crippen molar-refractivity contribution in [3.05, 3.63) is 59.7 Å². The van der Waals surface area contributed by atoms with Crippen LogP contribution in [0.3, 0.4) is 0 Å². The number of nitrogens with one attached hydrogen (secondary N) is 3. The molecule has 0 heterocycles. The van der Waals surface area contributed by atoms with Crippen LogP contribution in [0.2, 0.25) is 0 Å². The monoisotopic (exact) mass is 513 g/mol. The van der Waals surface area contributed by atoms with Crippen LogP contribution in [0.4, 0.5) is 4.79 Å². The predicted molar refractivity (Wildman–Crippen MR) is 137 cm³/mol. The Morgan fingerprint density at radius 1 is 0.944 bits per heavy atom. The summed E-state index contributed by atoms with van der Waals surface area (Å²) in [5.74, 6) is -2.39. The summed E-state index contributed by atoms with van der Waals surface area (Å²) in [7, 11) is 0. The average molecular weight is 514 g/mol. The first-order valence-electron chi connectivity index (χ1n) is 11.5. The molecule has 3 N–H and O–H groups in total. The molecule has 192 valence electrons. The maximum atomic E-state index is 12.6. The Labute approximate surface area is 214 Å². The Morgan fingerprint density at radius 3 is 2.08 bits per heavy atom. The van der Waals surface area contributed by atoms with E-state index in [1.165, 1.54) is 11.8 Å². The Morgan fingerprint density at radius 2 is 1.53 bits per heavy atom. The zero-order valence-corrected chi connectivity index (χ0v) is 21.6. The number of ether oxygens (including phenoxy) is 2. The minimum Gasteiger partial charge on any atom is -0.453 e. The van der Waals surface area contributed by atoms with Gasteiger partial charge in [-0.2, -0.15) is 11.8 Å². The predicted octanol–water partition coefficient (Wildman–Crippen LogP) is 3.14. The van der Waals surface area contributed by atoms with Gasteiger partial charge in [-0.3, -0.25) is 15.0 Å². The molecule has 9 nitrogen and oxygen atoms in total. The summed E-state index contributed by atoms with van der Waals surface area (Å²) in [5.41, 5.74) is 7.97. The topological polar surface area (TPSA) is 123 Å². The molecule has 0 aliphatic heterocycles. The Kier molecular flexibility index (Phi) is 8.98. The molecule has 0 unspecified atom stereocenters. The van der Waals surface area contributed by atoms with E-state index in [0.29, 0.717) is 5.75 Å². The molecule has 0 aromatic heterocycles. The van der Waals surface area contributed by atoms with Crippen LogP contribution in [-0.4, -0.2) is 54.1 Å². The Hall–Kier alpha value is -3.53. The van der Waals surface area contributed by atoms with Gasteiger partial charge in [0.2, 0.25) is 0 Å². The van der Waals surface area contributed by atoms with Gasteiger partial charge in [0, 0.05) is 5.92 Å². The van der Waals surface area contributed by atoms with Crippen molar-refractivity contribution in [1.82, 2.24) is 16.2 Å². The molecule has 1 aliphatic rings. The first-order valence-corrected chi connectivity index (χ1v) is 12.9. The van der Waals surface area contributed by atoms with Gasteiger partial charge in [-0.1, -0.05) is 48.5 Å². The molecule has 2 aromatic carbocycles. The molecule has 1 atom stereocenters. The fraction of sp³-hybridized carbons (Fsp3) is 0.385. The van der Waals surface area contributed by atoms with Crippen molar-refractivity contribution in [2.45, 2.75) is 44.8 Å². The fourth-order valence-corrected chi connectivity index (χ4v) is 4.35. The Balaban J connectivity index is 1.55. The Bertz CT molecular complexity index is 1090. The van der Waals surface area contributed by atoms with Gasteiger partial charge in [-0.15, -0.1) is 0 Å². The van der Waals surface area contributed by atoms with Gasteiger partial charge in [-0.25, -0.2) is 15.0 Å². The zero-order chi connectivity index (χ0) is 26.3. The third-order valence-corrected chi connectivity index (χ3v) is 6.09. The molecule has 0 saturated heterocycles. The quantitative estimate of drug-likeness (QED) is 0.295. The smallest absolute Gasteiger partial charge is 0.426 e. The summed E-state index contributed by atoms with van der Waals surface area (Å²) in [4.78, 5) is 49.2. The van der Waals surface area contributed by atoms with E-state index in [1.54, 1.807) is 20.8 Å². The van der Waals surface area contributed by atoms with E-state index in [9.17, 15) is 19.2 Å². The van der Waals surface area contributed by atoms with Crippen LogP contribution in [-0.2, 0) is 23.9 Å². The highest BCUT2D eigenvalue weighted by molar-refractivity contribution is 7.98. The highest BCUT2D eigenvalue weighted by Gasteiger charge is 2.30. The number of fused-ring (bicyclic) bond motifs is 3. The molecule has 0 spiro atoms. The number of rotatable bonds is 7. The van der Waals surface area contributed by atoms with Crippen LogP contribution in [0.15, 0.2) is 48.5 Å². The van der Waals surface area contributed by atoms with Crippen LogP contribution in [0.1, 0.15) is 44.2 Å². The van der Waals surface area contributed by atoms with Crippen LogP contribution in [0, 0.1) is 0 Å². The van der Waals surface area contributed by atoms with Crippen molar-refractivity contribution in [2.75, 3.05) is 18.6 Å². The summed E-state index contributed by atoms with van der Waals surface area (Å²) in [5, 5.41) is 2.37. The van der Waals surface area contributed by atoms with Crippen molar-refractivity contribution in [3.63, 3.8) is 0 Å². The van der Waals surface area contributed by atoms with Gasteiger partial charge in [0.1, 0.15) is 18.2 Å². The van der Waals surface area contributed by atoms with Crippen LogP contribution < -0.4 is 16.2 Å². The minimum absolute atomic E-state index is 0.0843. The number of hydrogen-bond acceptors (Lipinski definition) is 7. The SMILES string of the molecule is CSCC[C@H](NC(=O)C(=O)OC(C)(C)C)C(=O)NNC(=O)OCC1c2ccccc2-c2ccccc21. The van der Waals surface area contributed by atoms with E-state index in [0.717, 1.165) is 22.3 Å². The summed E-state index contributed by atoms with van der Waals surface area (Å²) >= 11 is 1.47. The van der Waals surface area contributed by atoms with Crippen molar-refractivity contribution in [3.8, 4) is 11.1 Å². The standard InChI is InChI=1S/C26H31N3O6S/c1-26(2,3)35-24(32)23(31)27-21(13-14-36-4)22(30)28-29-25(33)34-15-20-18-11-7-5-9-16(18)17-10-6-8-12-19(17)20/h5-12,20-21H,13-15H2,1-4H3,(H,27,31)(H,28,30)(H,29,33)/t21-/m0/s1. The van der Waals surface area contributed by atoms with Gasteiger partial charge in [0.15, 0.2) is 0 Å². The number of amides is 3. The first kappa shape index (κ1) is 27.1. The number of esters is 1. The molecular weight excluding hydrogens is 482 g/mol. The van der Waals surface area contributed by atoms with E-state index < -0.39 is 35.5 Å². The number of hydrazine groups is 1. The van der Waals surface area contributed by atoms with E-state index in [-0.39, 0.29) is 18.9 Å². The third kappa shape index (κ3) is 7.00. The number of carbonyl (C=O) groups excluding carboxylic acids is 4. The molecule has 0 saturated carbocycles. The van der Waals surface area contributed by atoms with Crippen molar-refractivity contribution < 1.29 is 28.7 Å². The van der Waals surface area contributed by atoms with Crippen molar-refractivity contribution in [2.24, 2.45) is 0 Å². The molecule has 3 rings (SSSR count). The van der Waals surface area contributed by atoms with E-state index in [1.807, 2.05) is 54.8 Å². The lowest BCUT2D eigenvalue weighted by atomic mass is 9.98. The molecular formula is C26H31N3O6S. The van der Waals surface area contributed by atoms with Gasteiger partial charge in [0.05, 0.1) is 0 Å². The number of benzene rings is 2. The van der Waals surface area contributed by atoms with Crippen LogP contribution in [0.25, 0.3) is 11.1 Å². The minimum atomic E-state index is -1.09. The molecule has 3 amide bonds. The second-order valence-electron chi connectivity index (χ2n) is 9.25. The number of thioether (sulfide) groups is 1. The van der Waals surface area contributed by atoms with Crippen molar-refractivity contribution >= 4 is 35.6 Å². The largest absolute Gasteiger partial charge is 0.453 e. The van der Waals surface area contributed by atoms with Gasteiger partial charge in [0.25, 0.3) is 5.91 Å². The highest BCUT2D eigenvalue weighted by Crippen LogP contribution is 2.44. The van der Waals surface area contributed by atoms with Gasteiger partial charge in [-0.05, 0) is 61.5 Å². The van der Waals surface area contributed by atoms with Crippen molar-refractivity contribution in [1.29, 1.82) is 0 Å². The summed E-state index contributed by atoms with van der Waals surface area (Å²) < 4.78 is 10.4. The molecule has 0 fully saturated rings. The lowest BCUT2D eigenvalue weighted by Crippen LogP contribution is -2.54. The normalized spacial score (nSPS) is 13.1. The summed E-state index contributed by atoms with van der Waals surface area (Å²) in [6, 6.07) is 14.9. The second-order valence-corrected chi connectivity index (χ2v) is 10.2. The van der Waals surface area contributed by atoms with E-state index in [2.05, 4.69) is 16.2 Å².